The number of nitro benzene ring substituents is 1. The van der Waals surface area contributed by atoms with E-state index in [9.17, 15) is 10.1 Å². The van der Waals surface area contributed by atoms with Gasteiger partial charge in [-0.1, -0.05) is 0 Å². The van der Waals surface area contributed by atoms with Gasteiger partial charge < -0.3 is 5.32 Å². The minimum atomic E-state index is -0.520. The number of nitrogens with one attached hydrogen (secondary N) is 1. The molecule has 0 unspecified atom stereocenters. The van der Waals surface area contributed by atoms with Crippen LogP contribution in [0.4, 0.5) is 17.1 Å². The van der Waals surface area contributed by atoms with Crippen LogP contribution in [0.3, 0.4) is 0 Å². The van der Waals surface area contributed by atoms with Crippen molar-refractivity contribution >= 4 is 28.4 Å². The Morgan fingerprint density at radius 2 is 2.00 bits per heavy atom. The van der Waals surface area contributed by atoms with E-state index in [4.69, 9.17) is 5.26 Å². The van der Waals surface area contributed by atoms with Crippen LogP contribution in [0.2, 0.25) is 0 Å². The fourth-order valence-corrected chi connectivity index (χ4v) is 2.71. The summed E-state index contributed by atoms with van der Waals surface area (Å²) in [6.07, 6.45) is 1.75. The molecule has 0 atom stereocenters. The maximum atomic E-state index is 10.8. The second-order valence-electron chi connectivity index (χ2n) is 4.64. The zero-order chi connectivity index (χ0) is 16.2. The van der Waals surface area contributed by atoms with Gasteiger partial charge in [-0.3, -0.25) is 10.1 Å². The van der Waals surface area contributed by atoms with Crippen molar-refractivity contribution in [2.24, 2.45) is 0 Å². The molecule has 3 aromatic rings. The Morgan fingerprint density at radius 1 is 1.22 bits per heavy atom. The van der Waals surface area contributed by atoms with E-state index in [-0.39, 0.29) is 11.3 Å². The minimum Gasteiger partial charge on any atom is -0.354 e. The topological polar surface area (TPSA) is 91.8 Å². The molecular weight excluding hydrogens is 312 g/mol. The second kappa shape index (κ2) is 6.25. The predicted octanol–water partition coefficient (Wildman–Crippen LogP) is 4.33. The van der Waals surface area contributed by atoms with Crippen LogP contribution in [0.25, 0.3) is 10.6 Å². The van der Waals surface area contributed by atoms with Gasteiger partial charge in [0.15, 0.2) is 0 Å². The number of aromatic nitrogens is 1. The Balaban J connectivity index is 1.85. The highest BCUT2D eigenvalue weighted by atomic mass is 32.1. The van der Waals surface area contributed by atoms with Crippen molar-refractivity contribution in [2.75, 3.05) is 5.32 Å². The van der Waals surface area contributed by atoms with Crippen molar-refractivity contribution in [3.63, 3.8) is 0 Å². The molecule has 6 nitrogen and oxygen atoms in total. The number of hydrogen-bond acceptors (Lipinski definition) is 6. The molecule has 0 radical (unpaired) electrons. The number of nitro groups is 1. The molecule has 7 heteroatoms. The Hall–Kier alpha value is -3.24. The van der Waals surface area contributed by atoms with Gasteiger partial charge in [0.05, 0.1) is 16.2 Å². The lowest BCUT2D eigenvalue weighted by Crippen LogP contribution is -1.96. The number of nitriles is 1. The van der Waals surface area contributed by atoms with Crippen molar-refractivity contribution < 1.29 is 4.92 Å². The van der Waals surface area contributed by atoms with E-state index < -0.39 is 4.92 Å². The molecule has 0 aliphatic heterocycles. The van der Waals surface area contributed by atoms with Crippen molar-refractivity contribution in [1.29, 1.82) is 5.26 Å². The maximum absolute atomic E-state index is 10.8. The van der Waals surface area contributed by atoms with E-state index in [0.717, 1.165) is 16.3 Å². The number of benzene rings is 2. The number of thiazole rings is 1. The van der Waals surface area contributed by atoms with Crippen molar-refractivity contribution in [3.05, 3.63) is 69.7 Å². The summed E-state index contributed by atoms with van der Waals surface area (Å²) >= 11 is 1.56. The lowest BCUT2D eigenvalue weighted by molar-refractivity contribution is -0.384. The van der Waals surface area contributed by atoms with Gasteiger partial charge >= 0.3 is 0 Å². The summed E-state index contributed by atoms with van der Waals surface area (Å²) in [4.78, 5) is 14.5. The molecule has 2 aromatic carbocycles. The summed E-state index contributed by atoms with van der Waals surface area (Å²) in [5, 5.41) is 25.9. The molecule has 1 aromatic heterocycles. The molecule has 0 fully saturated rings. The highest BCUT2D eigenvalue weighted by Crippen LogP contribution is 2.27. The van der Waals surface area contributed by atoms with Gasteiger partial charge in [-0.2, -0.15) is 5.26 Å². The highest BCUT2D eigenvalue weighted by molar-refractivity contribution is 7.13. The van der Waals surface area contributed by atoms with E-state index in [0.29, 0.717) is 5.69 Å². The summed E-state index contributed by atoms with van der Waals surface area (Å²) in [7, 11) is 0. The molecule has 0 saturated heterocycles. The average Bonchev–Trinajstić information content (AvgIpc) is 3.10. The molecule has 0 saturated carbocycles. The molecule has 0 aliphatic rings. The summed E-state index contributed by atoms with van der Waals surface area (Å²) in [5.74, 6) is 0. The van der Waals surface area contributed by atoms with Gasteiger partial charge in [-0.05, 0) is 30.3 Å². The third kappa shape index (κ3) is 3.17. The monoisotopic (exact) mass is 322 g/mol. The molecule has 1 heterocycles. The zero-order valence-electron chi connectivity index (χ0n) is 11.8. The van der Waals surface area contributed by atoms with Gasteiger partial charge in [-0.15, -0.1) is 11.3 Å². The number of non-ortho nitro benzene ring substituents is 1. The van der Waals surface area contributed by atoms with Crippen LogP contribution in [0.15, 0.2) is 54.0 Å². The van der Waals surface area contributed by atoms with Gasteiger partial charge in [0.1, 0.15) is 11.1 Å². The van der Waals surface area contributed by atoms with Crippen molar-refractivity contribution in [2.45, 2.75) is 0 Å². The smallest absolute Gasteiger partial charge is 0.270 e. The Kier molecular flexibility index (Phi) is 3.99. The van der Waals surface area contributed by atoms with Crippen LogP contribution >= 0.6 is 11.3 Å². The largest absolute Gasteiger partial charge is 0.354 e. The van der Waals surface area contributed by atoms with E-state index >= 15 is 0 Å². The molecule has 1 N–H and O–H groups in total. The lowest BCUT2D eigenvalue weighted by atomic mass is 10.1. The fraction of sp³-hybridized carbons (Fsp3) is 0. The fourth-order valence-electron chi connectivity index (χ4n) is 2.06. The van der Waals surface area contributed by atoms with E-state index in [1.807, 2.05) is 35.7 Å². The average molecular weight is 322 g/mol. The lowest BCUT2D eigenvalue weighted by Gasteiger charge is -2.08. The second-order valence-corrected chi connectivity index (χ2v) is 5.53. The van der Waals surface area contributed by atoms with Gasteiger partial charge in [0.2, 0.25) is 0 Å². The molecule has 23 heavy (non-hydrogen) atoms. The molecule has 3 rings (SSSR count). The summed E-state index contributed by atoms with van der Waals surface area (Å²) < 4.78 is 0. The zero-order valence-corrected chi connectivity index (χ0v) is 12.6. The SMILES string of the molecule is N#Cc1cc([N+](=O)[O-])ccc1Nc1ccc(-c2nccs2)cc1. The van der Waals surface area contributed by atoms with Crippen LogP contribution < -0.4 is 5.32 Å². The van der Waals surface area contributed by atoms with Gasteiger partial charge in [0, 0.05) is 35.0 Å². The van der Waals surface area contributed by atoms with Crippen LogP contribution in [0, 0.1) is 21.4 Å². The first-order chi connectivity index (χ1) is 11.2. The van der Waals surface area contributed by atoms with Crippen LogP contribution in [-0.2, 0) is 0 Å². The van der Waals surface area contributed by atoms with E-state index in [1.165, 1.54) is 18.2 Å². The van der Waals surface area contributed by atoms with Crippen molar-refractivity contribution in [1.82, 2.24) is 4.98 Å². The van der Waals surface area contributed by atoms with Gasteiger partial charge in [-0.25, -0.2) is 4.98 Å². The van der Waals surface area contributed by atoms with Crippen LogP contribution in [0.5, 0.6) is 0 Å². The Labute approximate surface area is 135 Å². The third-order valence-electron chi connectivity index (χ3n) is 3.18. The van der Waals surface area contributed by atoms with Crippen molar-refractivity contribution in [3.8, 4) is 16.6 Å². The third-order valence-corrected chi connectivity index (χ3v) is 4.00. The first-order valence-electron chi connectivity index (χ1n) is 6.63. The summed E-state index contributed by atoms with van der Waals surface area (Å²) in [6, 6.07) is 13.7. The first kappa shape index (κ1) is 14.7. The number of rotatable bonds is 4. The summed E-state index contributed by atoms with van der Waals surface area (Å²) in [5.41, 5.74) is 2.44. The first-order valence-corrected chi connectivity index (χ1v) is 7.51. The Bertz CT molecular complexity index is 883. The number of anilines is 2. The number of hydrogen-bond donors (Lipinski definition) is 1. The Morgan fingerprint density at radius 3 is 2.61 bits per heavy atom. The molecule has 0 amide bonds. The molecular formula is C16H10N4O2S. The van der Waals surface area contributed by atoms with Crippen LogP contribution in [-0.4, -0.2) is 9.91 Å². The molecule has 0 bridgehead atoms. The standard InChI is InChI=1S/C16H10N4O2S/c17-10-12-9-14(20(21)22)5-6-15(12)19-13-3-1-11(2-4-13)16-18-7-8-23-16/h1-9,19H. The summed E-state index contributed by atoms with van der Waals surface area (Å²) in [6.45, 7) is 0. The molecule has 112 valence electrons. The van der Waals surface area contributed by atoms with E-state index in [2.05, 4.69) is 10.3 Å². The maximum Gasteiger partial charge on any atom is 0.270 e. The predicted molar refractivity (Wildman–Crippen MR) is 88.6 cm³/mol. The minimum absolute atomic E-state index is 0.105. The highest BCUT2D eigenvalue weighted by Gasteiger charge is 2.11. The molecule has 0 aliphatic carbocycles. The quantitative estimate of drug-likeness (QED) is 0.570. The van der Waals surface area contributed by atoms with Crippen LogP contribution in [0.1, 0.15) is 5.56 Å². The van der Waals surface area contributed by atoms with Gasteiger partial charge in [0.25, 0.3) is 5.69 Å². The number of nitrogens with zero attached hydrogens (tertiary/aromatic N) is 3. The molecule has 0 spiro atoms. The normalized spacial score (nSPS) is 10.0. The van der Waals surface area contributed by atoms with E-state index in [1.54, 1.807) is 17.5 Å².